The van der Waals surface area contributed by atoms with E-state index in [0.29, 0.717) is 30.4 Å². The van der Waals surface area contributed by atoms with E-state index in [1.807, 2.05) is 42.6 Å². The molecule has 3 aromatic rings. The second kappa shape index (κ2) is 12.9. The van der Waals surface area contributed by atoms with Crippen LogP contribution in [0.25, 0.3) is 6.08 Å². The van der Waals surface area contributed by atoms with Gasteiger partial charge in [0.2, 0.25) is 0 Å². The molecule has 2 aromatic carbocycles. The Balaban J connectivity index is 1.29. The van der Waals surface area contributed by atoms with E-state index in [1.165, 1.54) is 47.9 Å². The average Bonchev–Trinajstić information content (AvgIpc) is 3.33. The van der Waals surface area contributed by atoms with Crippen LogP contribution < -0.4 is 10.1 Å². The summed E-state index contributed by atoms with van der Waals surface area (Å²) in [5.41, 5.74) is 7.71. The fourth-order valence-electron chi connectivity index (χ4n) is 8.18. The zero-order chi connectivity index (χ0) is 32.6. The van der Waals surface area contributed by atoms with E-state index in [4.69, 9.17) is 21.1 Å². The predicted molar refractivity (Wildman–Crippen MR) is 184 cm³/mol. The van der Waals surface area contributed by atoms with Crippen LogP contribution in [0.15, 0.2) is 54.2 Å². The van der Waals surface area contributed by atoms with Gasteiger partial charge in [-0.2, -0.15) is 0 Å². The molecule has 6 nitrogen and oxygen atoms in total. The number of Topliss-reactive ketones (excluding diaryl/α,β-unsaturated/α-hetero) is 1. The summed E-state index contributed by atoms with van der Waals surface area (Å²) in [6.07, 6.45) is 11.1. The summed E-state index contributed by atoms with van der Waals surface area (Å²) in [4.78, 5) is 30.7. The highest BCUT2D eigenvalue weighted by Gasteiger charge is 2.52. The minimum atomic E-state index is -0.877. The van der Waals surface area contributed by atoms with E-state index >= 15 is 0 Å². The van der Waals surface area contributed by atoms with Crippen molar-refractivity contribution in [2.24, 2.45) is 5.92 Å². The standard InChI is InChI=1S/C39H45ClN2O4/c1-24(23-46-35-12-17-41-34-11-6-8-25(2)36(34)35)18-29-21-32-26(3)19-28(27(4)43)20-33(32)38(29)13-15-39(16-14-38,37(44)45-5)42-31-10-7-9-30(40)22-31/h7,9-10,12,17,19-22,24-25,42H,6,8,11,13-16,18,23H2,1-5H3/t24-,25-,38?,39?/m1/s1. The molecule has 0 radical (unpaired) electrons. The molecule has 2 atom stereocenters. The first-order valence-corrected chi connectivity index (χ1v) is 17.0. The number of anilines is 1. The van der Waals surface area contributed by atoms with Crippen LogP contribution in [-0.4, -0.2) is 36.0 Å². The molecule has 0 aliphatic heterocycles. The third kappa shape index (κ3) is 5.97. The van der Waals surface area contributed by atoms with Gasteiger partial charge in [0, 0.05) is 39.1 Å². The van der Waals surface area contributed by atoms with E-state index in [0.717, 1.165) is 48.2 Å². The molecule has 3 aliphatic rings. The second-order valence-corrected chi connectivity index (χ2v) is 14.3. The molecule has 0 unspecified atom stereocenters. The summed E-state index contributed by atoms with van der Waals surface area (Å²) in [7, 11) is 1.45. The van der Waals surface area contributed by atoms with Gasteiger partial charge in [0.1, 0.15) is 11.3 Å². The van der Waals surface area contributed by atoms with Gasteiger partial charge < -0.3 is 14.8 Å². The average molecular weight is 641 g/mol. The summed E-state index contributed by atoms with van der Waals surface area (Å²) < 4.78 is 11.9. The number of methoxy groups -OCH3 is 1. The van der Waals surface area contributed by atoms with Crippen LogP contribution in [0.1, 0.15) is 110 Å². The molecule has 1 N–H and O–H groups in total. The number of ketones is 1. The molecular weight excluding hydrogens is 596 g/mol. The maximum atomic E-state index is 13.4. The third-order valence-corrected chi connectivity index (χ3v) is 10.9. The number of esters is 1. The lowest BCUT2D eigenvalue weighted by Crippen LogP contribution is -2.52. The summed E-state index contributed by atoms with van der Waals surface area (Å²) >= 11 is 6.30. The van der Waals surface area contributed by atoms with Gasteiger partial charge >= 0.3 is 5.97 Å². The lowest BCUT2D eigenvalue weighted by Gasteiger charge is -2.46. The number of halogens is 1. The van der Waals surface area contributed by atoms with Crippen molar-refractivity contribution < 1.29 is 19.1 Å². The number of carbonyl (C=O) groups excluding carboxylic acids is 2. The van der Waals surface area contributed by atoms with Crippen molar-refractivity contribution in [3.05, 3.63) is 92.8 Å². The fraction of sp³-hybridized carbons (Fsp3) is 0.462. The number of nitrogens with one attached hydrogen (secondary N) is 1. The van der Waals surface area contributed by atoms with Gasteiger partial charge in [-0.05, 0) is 130 Å². The molecule has 7 heteroatoms. The maximum Gasteiger partial charge on any atom is 0.331 e. The Hall–Kier alpha value is -3.64. The first kappa shape index (κ1) is 32.3. The van der Waals surface area contributed by atoms with E-state index in [-0.39, 0.29) is 23.1 Å². The number of allylic oxidation sites excluding steroid dienone is 1. The minimum Gasteiger partial charge on any atom is -0.493 e. The Labute approximate surface area is 277 Å². The topological polar surface area (TPSA) is 77.5 Å². The first-order valence-electron chi connectivity index (χ1n) is 16.6. The molecule has 3 aliphatic carbocycles. The number of benzene rings is 2. The number of nitrogens with zero attached hydrogens (tertiary/aromatic N) is 1. The molecule has 1 aromatic heterocycles. The zero-order valence-electron chi connectivity index (χ0n) is 27.7. The molecule has 0 saturated heterocycles. The molecule has 0 amide bonds. The van der Waals surface area contributed by atoms with Crippen molar-refractivity contribution in [2.45, 2.75) is 95.9 Å². The van der Waals surface area contributed by atoms with E-state index in [9.17, 15) is 9.59 Å². The minimum absolute atomic E-state index is 0.0634. The number of hydrogen-bond acceptors (Lipinski definition) is 6. The van der Waals surface area contributed by atoms with E-state index in [2.05, 4.69) is 43.2 Å². The molecule has 6 rings (SSSR count). The molecule has 1 heterocycles. The second-order valence-electron chi connectivity index (χ2n) is 13.9. The lowest BCUT2D eigenvalue weighted by atomic mass is 9.61. The number of hydrogen-bond donors (Lipinski definition) is 1. The SMILES string of the molecule is COC(=O)C1(Nc2cccc(Cl)c2)CCC2(CC1)C(C[C@@H](C)COc1ccnc3c1[C@H](C)CCC3)=Cc1c(C)cc(C(C)=O)cc12. The van der Waals surface area contributed by atoms with Crippen LogP contribution in [0.2, 0.25) is 5.02 Å². The highest BCUT2D eigenvalue weighted by molar-refractivity contribution is 6.30. The smallest absolute Gasteiger partial charge is 0.331 e. The van der Waals surface area contributed by atoms with Gasteiger partial charge in [-0.15, -0.1) is 0 Å². The van der Waals surface area contributed by atoms with Crippen LogP contribution in [0, 0.1) is 12.8 Å². The Morgan fingerprint density at radius 2 is 1.91 bits per heavy atom. The number of rotatable bonds is 9. The molecule has 242 valence electrons. The highest BCUT2D eigenvalue weighted by Crippen LogP contribution is 2.56. The quantitative estimate of drug-likeness (QED) is 0.186. The third-order valence-electron chi connectivity index (χ3n) is 10.7. The summed E-state index contributed by atoms with van der Waals surface area (Å²) in [5, 5.41) is 4.13. The molecule has 1 saturated carbocycles. The summed E-state index contributed by atoms with van der Waals surface area (Å²) in [6.45, 7) is 8.86. The summed E-state index contributed by atoms with van der Waals surface area (Å²) in [6, 6.07) is 13.6. The number of carbonyl (C=O) groups is 2. The van der Waals surface area contributed by atoms with Crippen LogP contribution in [0.3, 0.4) is 0 Å². The van der Waals surface area contributed by atoms with Gasteiger partial charge in [0.15, 0.2) is 5.78 Å². The molecule has 0 bridgehead atoms. The largest absolute Gasteiger partial charge is 0.493 e. The molecule has 1 fully saturated rings. The maximum absolute atomic E-state index is 13.4. The predicted octanol–water partition coefficient (Wildman–Crippen LogP) is 9.02. The van der Waals surface area contributed by atoms with Crippen molar-refractivity contribution in [2.75, 3.05) is 19.0 Å². The Morgan fingerprint density at radius 1 is 1.13 bits per heavy atom. The van der Waals surface area contributed by atoms with Crippen molar-refractivity contribution in [1.29, 1.82) is 0 Å². The van der Waals surface area contributed by atoms with Crippen LogP contribution >= 0.6 is 11.6 Å². The van der Waals surface area contributed by atoms with Gasteiger partial charge in [-0.1, -0.05) is 43.2 Å². The Kier molecular flexibility index (Phi) is 9.04. The number of aryl methyl sites for hydroxylation is 2. The van der Waals surface area contributed by atoms with Crippen LogP contribution in [0.5, 0.6) is 5.75 Å². The van der Waals surface area contributed by atoms with Crippen molar-refractivity contribution in [1.82, 2.24) is 4.98 Å². The van der Waals surface area contributed by atoms with Crippen molar-refractivity contribution in [3.63, 3.8) is 0 Å². The number of aromatic nitrogens is 1. The van der Waals surface area contributed by atoms with Crippen molar-refractivity contribution in [3.8, 4) is 5.75 Å². The van der Waals surface area contributed by atoms with Crippen LogP contribution in [0.4, 0.5) is 5.69 Å². The fourth-order valence-corrected chi connectivity index (χ4v) is 8.37. The van der Waals surface area contributed by atoms with Crippen molar-refractivity contribution >= 4 is 35.1 Å². The highest BCUT2D eigenvalue weighted by atomic mass is 35.5. The van der Waals surface area contributed by atoms with E-state index < -0.39 is 5.54 Å². The normalized spacial score (nSPS) is 24.0. The first-order chi connectivity index (χ1) is 22.0. The van der Waals surface area contributed by atoms with Crippen LogP contribution in [-0.2, 0) is 21.4 Å². The number of ether oxygens (including phenoxy) is 2. The van der Waals surface area contributed by atoms with Gasteiger partial charge in [0.05, 0.1) is 13.7 Å². The molecule has 1 spiro atoms. The zero-order valence-corrected chi connectivity index (χ0v) is 28.4. The van der Waals surface area contributed by atoms with Gasteiger partial charge in [-0.3, -0.25) is 9.78 Å². The monoisotopic (exact) mass is 640 g/mol. The molecule has 46 heavy (non-hydrogen) atoms. The Morgan fingerprint density at radius 3 is 2.63 bits per heavy atom. The summed E-state index contributed by atoms with van der Waals surface area (Å²) in [5.74, 6) is 1.47. The molecular formula is C39H45ClN2O4. The lowest BCUT2D eigenvalue weighted by molar-refractivity contribution is -0.147. The van der Waals surface area contributed by atoms with E-state index in [1.54, 1.807) is 6.92 Å². The Bertz CT molecular complexity index is 1690. The van der Waals surface area contributed by atoms with Gasteiger partial charge in [0.25, 0.3) is 0 Å². The van der Waals surface area contributed by atoms with Gasteiger partial charge in [-0.25, -0.2) is 4.79 Å². The number of fused-ring (bicyclic) bond motifs is 3. The number of pyridine rings is 1.